The Bertz CT molecular complexity index is 842. The van der Waals surface area contributed by atoms with Crippen molar-refractivity contribution in [3.05, 3.63) is 0 Å². The van der Waals surface area contributed by atoms with E-state index in [1.807, 2.05) is 0 Å². The van der Waals surface area contributed by atoms with Crippen LogP contribution in [0.15, 0.2) is 0 Å². The Morgan fingerprint density at radius 2 is 1.61 bits per heavy atom. The number of aliphatic hydroxyl groups excluding tert-OH is 3. The number of ether oxygens (including phenoxy) is 1. The van der Waals surface area contributed by atoms with Crippen LogP contribution in [0.3, 0.4) is 0 Å². The quantitative estimate of drug-likeness (QED) is 0.385. The third-order valence-corrected chi connectivity index (χ3v) is 13.1. The van der Waals surface area contributed by atoms with Crippen LogP contribution in [0.2, 0.25) is 0 Å². The molecule has 38 heavy (non-hydrogen) atoms. The number of fused-ring (bicyclic) bond motifs is 5. The Kier molecular flexibility index (Phi) is 8.19. The van der Waals surface area contributed by atoms with Gasteiger partial charge >= 0.3 is 6.09 Å². The average Bonchev–Trinajstić information content (AvgIpc) is 3.24. The molecule has 10 atom stereocenters. The lowest BCUT2D eigenvalue weighted by atomic mass is 9.41. The molecule has 5 rings (SSSR count). The van der Waals surface area contributed by atoms with E-state index >= 15 is 0 Å². The average molecular weight is 534 g/mol. The number of piperidine rings is 1. The molecule has 6 nitrogen and oxygen atoms in total. The third-order valence-electron chi connectivity index (χ3n) is 13.1. The minimum atomic E-state index is -0.241. The number of aliphatic hydroxyl groups is 3. The predicted octanol–water partition coefficient (Wildman–Crippen LogP) is 5.62. The van der Waals surface area contributed by atoms with Crippen molar-refractivity contribution in [1.82, 2.24) is 4.90 Å². The number of nitrogens with zero attached hydrogens (tertiary/aromatic N) is 1. The summed E-state index contributed by atoms with van der Waals surface area (Å²) in [4.78, 5) is 14.4. The number of hydrogen-bond acceptors (Lipinski definition) is 5. The zero-order valence-electron chi connectivity index (χ0n) is 24.5. The van der Waals surface area contributed by atoms with Crippen LogP contribution < -0.4 is 0 Å². The summed E-state index contributed by atoms with van der Waals surface area (Å²) in [6.07, 6.45) is 11.8. The van der Waals surface area contributed by atoms with Gasteiger partial charge < -0.3 is 25.0 Å². The Morgan fingerprint density at radius 3 is 2.29 bits per heavy atom. The van der Waals surface area contributed by atoms with Gasteiger partial charge in [0.1, 0.15) is 0 Å². The van der Waals surface area contributed by atoms with Crippen molar-refractivity contribution in [3.63, 3.8) is 0 Å². The van der Waals surface area contributed by atoms with Crippen molar-refractivity contribution in [2.24, 2.45) is 51.8 Å². The first-order chi connectivity index (χ1) is 18.1. The van der Waals surface area contributed by atoms with E-state index in [2.05, 4.69) is 27.7 Å². The highest BCUT2D eigenvalue weighted by molar-refractivity contribution is 5.67. The fraction of sp³-hybridized carbons (Fsp3) is 0.969. The fourth-order valence-corrected chi connectivity index (χ4v) is 10.5. The molecule has 6 heteroatoms. The van der Waals surface area contributed by atoms with Gasteiger partial charge in [-0.05, 0) is 122 Å². The van der Waals surface area contributed by atoms with Crippen molar-refractivity contribution >= 4 is 6.09 Å². The van der Waals surface area contributed by atoms with E-state index in [4.69, 9.17) is 4.74 Å². The molecule has 3 N–H and O–H groups in total. The number of rotatable bonds is 6. The van der Waals surface area contributed by atoms with E-state index in [0.29, 0.717) is 55.2 Å². The second kappa shape index (κ2) is 10.9. The van der Waals surface area contributed by atoms with Crippen molar-refractivity contribution in [1.29, 1.82) is 0 Å². The molecule has 0 spiro atoms. The van der Waals surface area contributed by atoms with Crippen molar-refractivity contribution in [2.75, 3.05) is 26.3 Å². The molecule has 0 bridgehead atoms. The van der Waals surface area contributed by atoms with Crippen LogP contribution in [0.5, 0.6) is 0 Å². The van der Waals surface area contributed by atoms with Crippen LogP contribution in [-0.4, -0.2) is 64.8 Å². The molecule has 4 saturated carbocycles. The van der Waals surface area contributed by atoms with Crippen molar-refractivity contribution in [2.45, 2.75) is 117 Å². The third kappa shape index (κ3) is 4.83. The van der Waals surface area contributed by atoms with Crippen LogP contribution in [0.4, 0.5) is 4.79 Å². The van der Waals surface area contributed by atoms with Gasteiger partial charge in [0.2, 0.25) is 0 Å². The number of likely N-dealkylation sites (tertiary alicyclic amines) is 1. The topological polar surface area (TPSA) is 90.2 Å². The summed E-state index contributed by atoms with van der Waals surface area (Å²) in [7, 11) is 0. The first-order valence-electron chi connectivity index (χ1n) is 15.9. The van der Waals surface area contributed by atoms with Gasteiger partial charge in [-0.15, -0.1) is 0 Å². The summed E-state index contributed by atoms with van der Waals surface area (Å²) in [6.45, 7) is 11.3. The number of carbonyl (C=O) groups excluding carboxylic acids is 1. The van der Waals surface area contributed by atoms with E-state index in [1.165, 1.54) is 25.7 Å². The maximum atomic E-state index is 12.6. The Balaban J connectivity index is 1.18. The van der Waals surface area contributed by atoms with E-state index in [0.717, 1.165) is 51.4 Å². The van der Waals surface area contributed by atoms with Crippen molar-refractivity contribution < 1.29 is 24.9 Å². The molecule has 0 aromatic heterocycles. The lowest BCUT2D eigenvalue weighted by Gasteiger charge is -2.64. The number of amides is 1. The molecule has 1 heterocycles. The standard InChI is InChI=1S/C32H55NO5/c1-5-23-26-19-22(35)10-12-32(26,4)25-11-13-31(3)21(8-9-24(31)27(25)28(23)36)7-6-18-38-29(37)33-16-14-30(2,20-34)15-17-33/h21-28,34-36H,5-20H2,1-4H3/t21-,22+,23+,24-,25-,26-,27-,28+,31+,32+/m0/s1. The highest BCUT2D eigenvalue weighted by Crippen LogP contribution is 2.69. The van der Waals surface area contributed by atoms with Gasteiger partial charge in [0.15, 0.2) is 0 Å². The van der Waals surface area contributed by atoms with Crippen LogP contribution in [-0.2, 0) is 4.74 Å². The molecule has 218 valence electrons. The lowest BCUT2D eigenvalue weighted by Crippen LogP contribution is -2.62. The predicted molar refractivity (Wildman–Crippen MR) is 148 cm³/mol. The maximum absolute atomic E-state index is 12.6. The van der Waals surface area contributed by atoms with Crippen LogP contribution in [0, 0.1) is 51.8 Å². The zero-order valence-corrected chi connectivity index (χ0v) is 24.5. The van der Waals surface area contributed by atoms with Crippen LogP contribution in [0.1, 0.15) is 105 Å². The highest BCUT2D eigenvalue weighted by Gasteiger charge is 2.64. The molecular formula is C32H55NO5. The summed E-state index contributed by atoms with van der Waals surface area (Å²) in [6, 6.07) is 0. The van der Waals surface area contributed by atoms with Crippen molar-refractivity contribution in [3.8, 4) is 0 Å². The molecule has 1 saturated heterocycles. The molecule has 5 aliphatic rings. The van der Waals surface area contributed by atoms with E-state index in [-0.39, 0.29) is 41.2 Å². The molecule has 1 aliphatic heterocycles. The summed E-state index contributed by atoms with van der Waals surface area (Å²) < 4.78 is 5.69. The minimum Gasteiger partial charge on any atom is -0.449 e. The molecule has 0 radical (unpaired) electrons. The monoisotopic (exact) mass is 533 g/mol. The van der Waals surface area contributed by atoms with E-state index < -0.39 is 0 Å². The van der Waals surface area contributed by atoms with Gasteiger partial charge in [0, 0.05) is 19.7 Å². The summed E-state index contributed by atoms with van der Waals surface area (Å²) in [5, 5.41) is 31.9. The summed E-state index contributed by atoms with van der Waals surface area (Å²) in [5.74, 6) is 2.94. The van der Waals surface area contributed by atoms with Crippen LogP contribution in [0.25, 0.3) is 0 Å². The fourth-order valence-electron chi connectivity index (χ4n) is 10.5. The first kappa shape index (κ1) is 28.7. The molecule has 0 unspecified atom stereocenters. The van der Waals surface area contributed by atoms with Gasteiger partial charge in [-0.2, -0.15) is 0 Å². The smallest absolute Gasteiger partial charge is 0.409 e. The molecule has 4 aliphatic carbocycles. The molecule has 1 amide bonds. The second-order valence-electron chi connectivity index (χ2n) is 14.9. The molecule has 0 aromatic rings. The van der Waals surface area contributed by atoms with Gasteiger partial charge in [-0.3, -0.25) is 0 Å². The van der Waals surface area contributed by atoms with Gasteiger partial charge in [0.05, 0.1) is 18.8 Å². The van der Waals surface area contributed by atoms with E-state index in [1.54, 1.807) is 4.90 Å². The molecule has 0 aromatic carbocycles. The van der Waals surface area contributed by atoms with Gasteiger partial charge in [0.25, 0.3) is 0 Å². The largest absolute Gasteiger partial charge is 0.449 e. The maximum Gasteiger partial charge on any atom is 0.409 e. The second-order valence-corrected chi connectivity index (χ2v) is 14.9. The zero-order chi connectivity index (χ0) is 27.3. The Labute approximate surface area is 230 Å². The Morgan fingerprint density at radius 1 is 0.921 bits per heavy atom. The number of carbonyl (C=O) groups is 1. The normalized spacial score (nSPS) is 46.1. The minimum absolute atomic E-state index is 0.0656. The Hall–Kier alpha value is -0.850. The van der Waals surface area contributed by atoms with Gasteiger partial charge in [-0.25, -0.2) is 4.79 Å². The number of hydrogen-bond donors (Lipinski definition) is 3. The summed E-state index contributed by atoms with van der Waals surface area (Å²) >= 11 is 0. The summed E-state index contributed by atoms with van der Waals surface area (Å²) in [5.41, 5.74) is 0.452. The first-order valence-corrected chi connectivity index (χ1v) is 15.9. The SMILES string of the molecule is CC[C@H]1[C@@H](O)[C@@H]2[C@H](CC[C@]3(C)[C@@H](CCCOC(=O)N4CCC(C)(CO)CC4)CC[C@@H]23)[C@@]2(C)CC[C@@H](O)C[C@@H]12. The van der Waals surface area contributed by atoms with Crippen LogP contribution >= 0.6 is 0 Å². The van der Waals surface area contributed by atoms with Gasteiger partial charge in [-0.1, -0.05) is 34.1 Å². The lowest BCUT2D eigenvalue weighted by molar-refractivity contribution is -0.202. The molecular weight excluding hydrogens is 478 g/mol. The molecule has 5 fully saturated rings. The van der Waals surface area contributed by atoms with E-state index in [9.17, 15) is 20.1 Å². The highest BCUT2D eigenvalue weighted by atomic mass is 16.6.